The van der Waals surface area contributed by atoms with E-state index in [9.17, 15) is 4.79 Å². The van der Waals surface area contributed by atoms with Crippen LogP contribution in [0.15, 0.2) is 0 Å². The van der Waals surface area contributed by atoms with Crippen LogP contribution in [0.1, 0.15) is 96.8 Å². The summed E-state index contributed by atoms with van der Waals surface area (Å²) in [5.41, 5.74) is 0. The van der Waals surface area contributed by atoms with Crippen LogP contribution in [0.2, 0.25) is 0 Å². The second-order valence-electron chi connectivity index (χ2n) is 6.15. The molecule has 0 amide bonds. The molecule has 0 spiro atoms. The number of ether oxygens (including phenoxy) is 1. The van der Waals surface area contributed by atoms with Gasteiger partial charge in [-0.2, -0.15) is 0 Å². The van der Waals surface area contributed by atoms with Crippen molar-refractivity contribution in [3.63, 3.8) is 0 Å². The van der Waals surface area contributed by atoms with Gasteiger partial charge in [0.05, 0.1) is 6.61 Å². The van der Waals surface area contributed by atoms with Crippen LogP contribution in [0.5, 0.6) is 0 Å². The van der Waals surface area contributed by atoms with E-state index in [1.807, 2.05) is 0 Å². The van der Waals surface area contributed by atoms with Gasteiger partial charge in [-0.05, 0) is 6.42 Å². The van der Waals surface area contributed by atoms with Gasteiger partial charge in [0.25, 0.3) is 0 Å². The lowest BCUT2D eigenvalue weighted by Crippen LogP contribution is -2.05. The van der Waals surface area contributed by atoms with Gasteiger partial charge in [0, 0.05) is 12.3 Å². The second-order valence-corrected chi connectivity index (χ2v) is 6.15. The SMILES string of the molecule is CCCCCCCCCCCCCCCC#CC(=O)OCCO. The lowest BCUT2D eigenvalue weighted by atomic mass is 10.0. The first-order valence-electron chi connectivity index (χ1n) is 9.57. The number of hydrogen-bond acceptors (Lipinski definition) is 3. The second kappa shape index (κ2) is 19.0. The molecule has 0 atom stereocenters. The first-order valence-corrected chi connectivity index (χ1v) is 9.57. The average Bonchev–Trinajstić information content (AvgIpc) is 2.56. The normalized spacial score (nSPS) is 10.2. The zero-order valence-electron chi connectivity index (χ0n) is 15.1. The van der Waals surface area contributed by atoms with Crippen LogP contribution in [0.3, 0.4) is 0 Å². The van der Waals surface area contributed by atoms with Crippen LogP contribution in [0.4, 0.5) is 0 Å². The summed E-state index contributed by atoms with van der Waals surface area (Å²) in [6.45, 7) is 2.15. The predicted molar refractivity (Wildman–Crippen MR) is 96.1 cm³/mol. The van der Waals surface area contributed by atoms with Gasteiger partial charge in [0.1, 0.15) is 6.61 Å². The Morgan fingerprint density at radius 3 is 1.78 bits per heavy atom. The van der Waals surface area contributed by atoms with Crippen LogP contribution in [0, 0.1) is 11.8 Å². The molecular weight excluding hydrogens is 288 g/mol. The van der Waals surface area contributed by atoms with Crippen molar-refractivity contribution in [2.45, 2.75) is 96.8 Å². The molecule has 3 nitrogen and oxygen atoms in total. The molecule has 0 unspecified atom stereocenters. The minimum absolute atomic E-state index is 0.0340. The third-order valence-corrected chi connectivity index (χ3v) is 3.92. The third kappa shape index (κ3) is 18.9. The Morgan fingerprint density at radius 1 is 0.826 bits per heavy atom. The zero-order chi connectivity index (χ0) is 17.0. The topological polar surface area (TPSA) is 46.5 Å². The van der Waals surface area contributed by atoms with Gasteiger partial charge in [-0.1, -0.05) is 89.9 Å². The summed E-state index contributed by atoms with van der Waals surface area (Å²) in [4.78, 5) is 11.0. The van der Waals surface area contributed by atoms with E-state index in [1.165, 1.54) is 77.0 Å². The number of aliphatic hydroxyl groups is 1. The van der Waals surface area contributed by atoms with Crippen LogP contribution >= 0.6 is 0 Å². The summed E-state index contributed by atoms with van der Waals surface area (Å²) < 4.78 is 4.65. The van der Waals surface area contributed by atoms with Crippen molar-refractivity contribution in [1.29, 1.82) is 0 Å². The molecule has 0 aromatic carbocycles. The summed E-state index contributed by atoms with van der Waals surface area (Å²) >= 11 is 0. The van der Waals surface area contributed by atoms with Crippen molar-refractivity contribution in [2.24, 2.45) is 0 Å². The molecule has 0 saturated carbocycles. The first kappa shape index (κ1) is 22.0. The summed E-state index contributed by atoms with van der Waals surface area (Å²) in [5, 5.41) is 8.49. The lowest BCUT2D eigenvalue weighted by molar-refractivity contribution is -0.137. The molecule has 134 valence electrons. The van der Waals surface area contributed by atoms with E-state index >= 15 is 0 Å². The van der Waals surface area contributed by atoms with Gasteiger partial charge in [0.15, 0.2) is 0 Å². The minimum Gasteiger partial charge on any atom is -0.454 e. The van der Waals surface area contributed by atoms with E-state index < -0.39 is 5.97 Å². The van der Waals surface area contributed by atoms with E-state index in [1.54, 1.807) is 0 Å². The summed E-state index contributed by atoms with van der Waals surface area (Å²) in [7, 11) is 0. The number of hydrogen-bond donors (Lipinski definition) is 1. The molecule has 0 saturated heterocycles. The summed E-state index contributed by atoms with van der Waals surface area (Å²) in [5.74, 6) is 4.73. The van der Waals surface area contributed by atoms with Crippen molar-refractivity contribution in [1.82, 2.24) is 0 Å². The molecule has 0 radical (unpaired) electrons. The molecule has 0 rings (SSSR count). The van der Waals surface area contributed by atoms with Gasteiger partial charge in [-0.15, -0.1) is 0 Å². The minimum atomic E-state index is -0.534. The molecule has 23 heavy (non-hydrogen) atoms. The Balaban J connectivity index is 3.16. The van der Waals surface area contributed by atoms with Crippen molar-refractivity contribution in [3.05, 3.63) is 0 Å². The Kier molecular flexibility index (Phi) is 18.2. The highest BCUT2D eigenvalue weighted by molar-refractivity contribution is 5.88. The van der Waals surface area contributed by atoms with Gasteiger partial charge in [0.2, 0.25) is 0 Å². The van der Waals surface area contributed by atoms with Crippen LogP contribution < -0.4 is 0 Å². The van der Waals surface area contributed by atoms with E-state index in [0.29, 0.717) is 0 Å². The molecule has 0 fully saturated rings. The van der Waals surface area contributed by atoms with Crippen molar-refractivity contribution in [2.75, 3.05) is 13.2 Å². The largest absolute Gasteiger partial charge is 0.454 e. The Hall–Kier alpha value is -1.01. The highest BCUT2D eigenvalue weighted by Gasteiger charge is 1.95. The lowest BCUT2D eigenvalue weighted by Gasteiger charge is -2.02. The Bertz CT molecular complexity index is 315. The predicted octanol–water partition coefficient (Wildman–Crippen LogP) is 5.01. The first-order chi connectivity index (χ1) is 11.3. The third-order valence-electron chi connectivity index (χ3n) is 3.92. The standard InChI is InChI=1S/C20H36O3/c1-2-3-4-5-6-7-8-9-10-11-12-13-14-15-16-17-20(22)23-19-18-21/h21H,2-15,18-19H2,1H3. The van der Waals surface area contributed by atoms with Crippen molar-refractivity contribution < 1.29 is 14.6 Å². The number of rotatable bonds is 15. The zero-order valence-corrected chi connectivity index (χ0v) is 15.1. The molecule has 0 aliphatic rings. The number of esters is 1. The monoisotopic (exact) mass is 324 g/mol. The van der Waals surface area contributed by atoms with Crippen LogP contribution in [0.25, 0.3) is 0 Å². The number of carbonyl (C=O) groups is 1. The Morgan fingerprint density at radius 2 is 1.30 bits per heavy atom. The average molecular weight is 325 g/mol. The maximum atomic E-state index is 11.0. The van der Waals surface area contributed by atoms with Gasteiger partial charge in [-0.25, -0.2) is 4.79 Å². The molecule has 0 aromatic heterocycles. The number of aliphatic hydroxyl groups excluding tert-OH is 1. The van der Waals surface area contributed by atoms with Crippen LogP contribution in [-0.2, 0) is 9.53 Å². The number of carbonyl (C=O) groups excluding carboxylic acids is 1. The maximum Gasteiger partial charge on any atom is 0.384 e. The van der Waals surface area contributed by atoms with E-state index in [0.717, 1.165) is 12.8 Å². The highest BCUT2D eigenvalue weighted by atomic mass is 16.5. The van der Waals surface area contributed by atoms with E-state index in [2.05, 4.69) is 23.5 Å². The van der Waals surface area contributed by atoms with Crippen LogP contribution in [-0.4, -0.2) is 24.3 Å². The molecular formula is C20H36O3. The fourth-order valence-electron chi connectivity index (χ4n) is 2.54. The molecule has 0 aromatic rings. The van der Waals surface area contributed by atoms with Gasteiger partial charge >= 0.3 is 5.97 Å². The molecule has 0 aliphatic heterocycles. The fourth-order valence-corrected chi connectivity index (χ4v) is 2.54. The van der Waals surface area contributed by atoms with Gasteiger partial charge < -0.3 is 9.84 Å². The van der Waals surface area contributed by atoms with Crippen molar-refractivity contribution in [3.8, 4) is 11.8 Å². The molecule has 0 bridgehead atoms. The molecule has 0 aliphatic carbocycles. The maximum absolute atomic E-state index is 11.0. The summed E-state index contributed by atoms with van der Waals surface area (Å²) in [6.07, 6.45) is 18.1. The number of unbranched alkanes of at least 4 members (excludes halogenated alkanes) is 13. The summed E-state index contributed by atoms with van der Waals surface area (Å²) in [6, 6.07) is 0. The fraction of sp³-hybridized carbons (Fsp3) is 0.850. The molecule has 3 heteroatoms. The van der Waals surface area contributed by atoms with E-state index in [4.69, 9.17) is 5.11 Å². The van der Waals surface area contributed by atoms with Gasteiger partial charge in [-0.3, -0.25) is 0 Å². The quantitative estimate of drug-likeness (QED) is 0.199. The highest BCUT2D eigenvalue weighted by Crippen LogP contribution is 2.12. The smallest absolute Gasteiger partial charge is 0.384 e. The Labute approximate surface area is 143 Å². The molecule has 1 N–H and O–H groups in total. The van der Waals surface area contributed by atoms with E-state index in [-0.39, 0.29) is 13.2 Å². The van der Waals surface area contributed by atoms with Crippen molar-refractivity contribution >= 4 is 5.97 Å². The molecule has 0 heterocycles.